The zero-order chi connectivity index (χ0) is 27.4. The molecule has 0 unspecified atom stereocenters. The van der Waals surface area contributed by atoms with E-state index < -0.39 is 0 Å². The van der Waals surface area contributed by atoms with Gasteiger partial charge in [0.25, 0.3) is 5.56 Å². The van der Waals surface area contributed by atoms with Crippen LogP contribution in [0.3, 0.4) is 0 Å². The molecule has 0 aliphatic heterocycles. The van der Waals surface area contributed by atoms with Crippen molar-refractivity contribution >= 4 is 16.7 Å². The van der Waals surface area contributed by atoms with Crippen LogP contribution >= 0.6 is 0 Å². The maximum Gasteiger partial charge on any atom is 0.255 e. The van der Waals surface area contributed by atoms with Crippen molar-refractivity contribution < 1.29 is 0 Å². The SMILES string of the molecule is CCC.CCc1c(C)c2nc(-c3cccnc3C3CCC3)cc(NCc3cccn(C)c3=O)c2n1C(C)C. The van der Waals surface area contributed by atoms with Crippen molar-refractivity contribution in [2.45, 2.75) is 92.2 Å². The average Bonchev–Trinajstić information content (AvgIpc) is 3.16. The van der Waals surface area contributed by atoms with Crippen molar-refractivity contribution in [2.24, 2.45) is 7.05 Å². The number of nitrogens with zero attached hydrogens (tertiary/aromatic N) is 4. The van der Waals surface area contributed by atoms with Gasteiger partial charge < -0.3 is 14.5 Å². The summed E-state index contributed by atoms with van der Waals surface area (Å²) in [6.07, 6.45) is 9.53. The van der Waals surface area contributed by atoms with E-state index >= 15 is 0 Å². The first-order chi connectivity index (χ1) is 18.3. The zero-order valence-corrected chi connectivity index (χ0v) is 24.1. The molecule has 0 atom stereocenters. The number of hydrogen-bond donors (Lipinski definition) is 1. The molecule has 1 fully saturated rings. The highest BCUT2D eigenvalue weighted by molar-refractivity contribution is 5.95. The van der Waals surface area contributed by atoms with Crippen LogP contribution in [0.1, 0.15) is 94.8 Å². The van der Waals surface area contributed by atoms with Crippen LogP contribution in [0.2, 0.25) is 0 Å². The Hall–Kier alpha value is -3.41. The van der Waals surface area contributed by atoms with Crippen molar-refractivity contribution in [1.29, 1.82) is 0 Å². The van der Waals surface area contributed by atoms with Gasteiger partial charge in [-0.25, -0.2) is 4.98 Å². The zero-order valence-electron chi connectivity index (χ0n) is 24.1. The van der Waals surface area contributed by atoms with Crippen LogP contribution in [0, 0.1) is 6.92 Å². The van der Waals surface area contributed by atoms with E-state index in [1.165, 1.54) is 36.9 Å². The van der Waals surface area contributed by atoms with Crippen molar-refractivity contribution in [2.75, 3.05) is 5.32 Å². The van der Waals surface area contributed by atoms with Crippen molar-refractivity contribution in [1.82, 2.24) is 19.1 Å². The highest BCUT2D eigenvalue weighted by Gasteiger charge is 2.26. The molecule has 5 rings (SSSR count). The second-order valence-corrected chi connectivity index (χ2v) is 10.7. The van der Waals surface area contributed by atoms with Crippen LogP contribution in [-0.2, 0) is 20.0 Å². The smallest absolute Gasteiger partial charge is 0.255 e. The van der Waals surface area contributed by atoms with E-state index in [2.05, 4.69) is 63.6 Å². The number of aromatic nitrogens is 4. The van der Waals surface area contributed by atoms with Crippen LogP contribution in [0.15, 0.2) is 47.5 Å². The van der Waals surface area contributed by atoms with Gasteiger partial charge in [-0.05, 0) is 69.9 Å². The predicted molar refractivity (Wildman–Crippen MR) is 159 cm³/mol. The van der Waals surface area contributed by atoms with Gasteiger partial charge in [-0.3, -0.25) is 9.78 Å². The Morgan fingerprint density at radius 1 is 1.13 bits per heavy atom. The number of hydrogen-bond acceptors (Lipinski definition) is 4. The summed E-state index contributed by atoms with van der Waals surface area (Å²) in [6, 6.07) is 10.4. The Morgan fingerprint density at radius 2 is 1.87 bits per heavy atom. The topological polar surface area (TPSA) is 64.7 Å². The summed E-state index contributed by atoms with van der Waals surface area (Å²) >= 11 is 0. The first kappa shape index (κ1) is 27.6. The number of aryl methyl sites for hydroxylation is 2. The predicted octanol–water partition coefficient (Wildman–Crippen LogP) is 7.54. The molecule has 1 N–H and O–H groups in total. The first-order valence-electron chi connectivity index (χ1n) is 14.2. The fourth-order valence-corrected chi connectivity index (χ4v) is 5.39. The summed E-state index contributed by atoms with van der Waals surface area (Å²) in [5.74, 6) is 0.514. The average molecular weight is 514 g/mol. The normalized spacial score (nSPS) is 13.4. The van der Waals surface area contributed by atoms with Gasteiger partial charge in [-0.15, -0.1) is 0 Å². The number of fused-ring (bicyclic) bond motifs is 1. The Balaban J connectivity index is 0.00000107. The van der Waals surface area contributed by atoms with Crippen LogP contribution in [0.5, 0.6) is 0 Å². The van der Waals surface area contributed by atoms with Gasteiger partial charge in [-0.1, -0.05) is 39.7 Å². The first-order valence-corrected chi connectivity index (χ1v) is 14.2. The van der Waals surface area contributed by atoms with Gasteiger partial charge in [0.2, 0.25) is 0 Å². The van der Waals surface area contributed by atoms with Crippen molar-refractivity contribution in [3.8, 4) is 11.3 Å². The van der Waals surface area contributed by atoms with Crippen molar-refractivity contribution in [3.05, 3.63) is 75.6 Å². The lowest BCUT2D eigenvalue weighted by molar-refractivity contribution is 0.412. The van der Waals surface area contributed by atoms with E-state index in [0.29, 0.717) is 18.5 Å². The summed E-state index contributed by atoms with van der Waals surface area (Å²) < 4.78 is 4.03. The summed E-state index contributed by atoms with van der Waals surface area (Å²) in [6.45, 7) is 13.5. The van der Waals surface area contributed by atoms with Gasteiger partial charge in [0.15, 0.2) is 0 Å². The molecular weight excluding hydrogens is 470 g/mol. The number of anilines is 1. The van der Waals surface area contributed by atoms with Gasteiger partial charge in [0.1, 0.15) is 0 Å². The molecular formula is C32H43N5O. The third-order valence-electron chi connectivity index (χ3n) is 7.44. The lowest BCUT2D eigenvalue weighted by atomic mass is 9.80. The van der Waals surface area contributed by atoms with Gasteiger partial charge in [0.05, 0.1) is 28.1 Å². The minimum absolute atomic E-state index is 0.0229. The monoisotopic (exact) mass is 513 g/mol. The molecule has 1 aliphatic carbocycles. The van der Waals surface area contributed by atoms with Crippen LogP contribution < -0.4 is 10.9 Å². The molecule has 6 nitrogen and oxygen atoms in total. The molecule has 0 bridgehead atoms. The second kappa shape index (κ2) is 12.0. The lowest BCUT2D eigenvalue weighted by Crippen LogP contribution is -2.22. The summed E-state index contributed by atoms with van der Waals surface area (Å²) in [7, 11) is 1.79. The van der Waals surface area contributed by atoms with E-state index in [1.807, 2.05) is 24.4 Å². The molecule has 0 saturated heterocycles. The third-order valence-corrected chi connectivity index (χ3v) is 7.44. The number of pyridine rings is 3. The van der Waals surface area contributed by atoms with Gasteiger partial charge in [0, 0.05) is 54.8 Å². The molecule has 0 spiro atoms. The molecule has 1 aliphatic rings. The van der Waals surface area contributed by atoms with E-state index in [9.17, 15) is 4.79 Å². The fraction of sp³-hybridized carbons (Fsp3) is 0.469. The van der Waals surface area contributed by atoms with E-state index in [1.54, 1.807) is 17.8 Å². The Kier molecular flexibility index (Phi) is 8.70. The molecule has 6 heteroatoms. The fourth-order valence-electron chi connectivity index (χ4n) is 5.39. The van der Waals surface area contributed by atoms with E-state index in [4.69, 9.17) is 9.97 Å². The second-order valence-electron chi connectivity index (χ2n) is 10.7. The molecule has 1 saturated carbocycles. The van der Waals surface area contributed by atoms with Crippen LogP contribution in [0.25, 0.3) is 22.3 Å². The van der Waals surface area contributed by atoms with Crippen molar-refractivity contribution in [3.63, 3.8) is 0 Å². The number of nitrogens with one attached hydrogen (secondary N) is 1. The lowest BCUT2D eigenvalue weighted by Gasteiger charge is -2.26. The highest BCUT2D eigenvalue weighted by Crippen LogP contribution is 2.41. The largest absolute Gasteiger partial charge is 0.379 e. The molecule has 0 aromatic carbocycles. The molecule has 4 aromatic heterocycles. The Morgan fingerprint density at radius 3 is 2.50 bits per heavy atom. The molecule has 4 aromatic rings. The molecule has 202 valence electrons. The van der Waals surface area contributed by atoms with E-state index in [-0.39, 0.29) is 5.56 Å². The molecule has 38 heavy (non-hydrogen) atoms. The summed E-state index contributed by atoms with van der Waals surface area (Å²) in [4.78, 5) is 22.7. The van der Waals surface area contributed by atoms with Crippen LogP contribution in [-0.4, -0.2) is 19.1 Å². The minimum atomic E-state index is 0.0229. The Labute approximate surface area is 227 Å². The van der Waals surface area contributed by atoms with Gasteiger partial charge >= 0.3 is 0 Å². The quantitative estimate of drug-likeness (QED) is 0.277. The minimum Gasteiger partial charge on any atom is -0.379 e. The maximum atomic E-state index is 12.7. The third kappa shape index (κ3) is 5.27. The highest BCUT2D eigenvalue weighted by atomic mass is 16.1. The molecule has 0 amide bonds. The summed E-state index contributed by atoms with van der Waals surface area (Å²) in [5.41, 5.74) is 9.67. The number of rotatable bonds is 7. The Bertz CT molecular complexity index is 1460. The van der Waals surface area contributed by atoms with Gasteiger partial charge in [-0.2, -0.15) is 0 Å². The summed E-state index contributed by atoms with van der Waals surface area (Å²) in [5, 5.41) is 3.62. The molecule has 4 heterocycles. The standard InChI is InChI=1S/C29H35N5O.C3H8/c1-6-25-19(4)26-28(34(25)18(2)3)24(31-17-21-12-9-15-33(5)29(21)35)16-23(32-26)22-13-8-14-30-27(22)20-10-7-11-20;1-3-2/h8-9,12-16,18,20H,6-7,10-11,17H2,1-5H3,(H,31,32);3H2,1-2H3. The molecule has 0 radical (unpaired) electrons. The van der Waals surface area contributed by atoms with Crippen LogP contribution in [0.4, 0.5) is 5.69 Å². The maximum absolute atomic E-state index is 12.7. The van der Waals surface area contributed by atoms with E-state index in [0.717, 1.165) is 45.7 Å².